The normalized spacial score (nSPS) is 13.8. The number of methoxy groups -OCH3 is 1. The number of nitrogens with one attached hydrogen (secondary N) is 1. The van der Waals surface area contributed by atoms with Crippen molar-refractivity contribution in [3.63, 3.8) is 0 Å². The second-order valence-corrected chi connectivity index (χ2v) is 6.82. The molecule has 3 rings (SSSR count). The minimum Gasteiger partial charge on any atom is -0.497 e. The van der Waals surface area contributed by atoms with Crippen LogP contribution in [0.25, 0.3) is 0 Å². The minimum absolute atomic E-state index is 0.0265. The van der Waals surface area contributed by atoms with Crippen LogP contribution in [0.5, 0.6) is 5.75 Å². The fourth-order valence-corrected chi connectivity index (χ4v) is 3.20. The lowest BCUT2D eigenvalue weighted by molar-refractivity contribution is -0.116. The molecule has 0 saturated carbocycles. The first kappa shape index (κ1) is 20.8. The van der Waals surface area contributed by atoms with Gasteiger partial charge in [0.2, 0.25) is 5.91 Å². The number of carbonyl (C=O) groups excluding carboxylic acids is 2. The molecule has 1 aliphatic rings. The van der Waals surface area contributed by atoms with Crippen LogP contribution in [0.1, 0.15) is 29.6 Å². The second-order valence-electron chi connectivity index (χ2n) is 6.82. The summed E-state index contributed by atoms with van der Waals surface area (Å²) in [6, 6.07) is 11.6. The number of hydrogen-bond donors (Lipinski definition) is 1. The van der Waals surface area contributed by atoms with Gasteiger partial charge in [-0.05, 0) is 48.9 Å². The highest BCUT2D eigenvalue weighted by molar-refractivity contribution is 5.97. The number of rotatable bonds is 8. The molecule has 1 N–H and O–H groups in total. The van der Waals surface area contributed by atoms with Crippen LogP contribution >= 0.6 is 0 Å². The van der Waals surface area contributed by atoms with E-state index in [0.29, 0.717) is 55.4 Å². The molecule has 6 nitrogen and oxygen atoms in total. The van der Waals surface area contributed by atoms with Crippen molar-refractivity contribution < 1.29 is 23.5 Å². The van der Waals surface area contributed by atoms with Crippen molar-refractivity contribution in [2.24, 2.45) is 0 Å². The molecule has 0 unspecified atom stereocenters. The molecule has 1 saturated heterocycles. The van der Waals surface area contributed by atoms with Gasteiger partial charge in [-0.1, -0.05) is 0 Å². The number of anilines is 2. The van der Waals surface area contributed by atoms with E-state index >= 15 is 0 Å². The van der Waals surface area contributed by atoms with Gasteiger partial charge >= 0.3 is 0 Å². The van der Waals surface area contributed by atoms with Gasteiger partial charge in [-0.3, -0.25) is 9.59 Å². The molecule has 1 heterocycles. The topological polar surface area (TPSA) is 67.9 Å². The monoisotopic (exact) mass is 400 g/mol. The molecule has 29 heavy (non-hydrogen) atoms. The Morgan fingerprint density at radius 3 is 2.48 bits per heavy atom. The highest BCUT2D eigenvalue weighted by Gasteiger charge is 2.16. The van der Waals surface area contributed by atoms with Gasteiger partial charge in [-0.15, -0.1) is 0 Å². The summed E-state index contributed by atoms with van der Waals surface area (Å²) in [4.78, 5) is 26.2. The maximum absolute atomic E-state index is 14.4. The SMILES string of the molecule is COc1ccc(C(=O)CCCC(=O)Nc2ccc(N3CCOCC3)c(F)c2)cc1. The summed E-state index contributed by atoms with van der Waals surface area (Å²) in [5, 5.41) is 2.69. The number of halogens is 1. The molecule has 1 aliphatic heterocycles. The number of carbonyl (C=O) groups is 2. The summed E-state index contributed by atoms with van der Waals surface area (Å²) >= 11 is 0. The molecule has 1 amide bonds. The Morgan fingerprint density at radius 2 is 1.83 bits per heavy atom. The summed E-state index contributed by atoms with van der Waals surface area (Å²) in [5.74, 6) is 0.0413. The summed E-state index contributed by atoms with van der Waals surface area (Å²) in [6.07, 6.45) is 0.879. The van der Waals surface area contributed by atoms with Gasteiger partial charge in [0.1, 0.15) is 11.6 Å². The lowest BCUT2D eigenvalue weighted by Gasteiger charge is -2.29. The Morgan fingerprint density at radius 1 is 1.10 bits per heavy atom. The first-order valence-corrected chi connectivity index (χ1v) is 9.66. The fourth-order valence-electron chi connectivity index (χ4n) is 3.20. The van der Waals surface area contributed by atoms with Gasteiger partial charge in [-0.2, -0.15) is 0 Å². The third-order valence-corrected chi connectivity index (χ3v) is 4.80. The molecular formula is C22H25FN2O4. The predicted molar refractivity (Wildman–Crippen MR) is 109 cm³/mol. The zero-order valence-corrected chi connectivity index (χ0v) is 16.4. The summed E-state index contributed by atoms with van der Waals surface area (Å²) in [6.45, 7) is 2.44. The Hall–Kier alpha value is -2.93. The number of ketones is 1. The Labute approximate surface area is 169 Å². The third kappa shape index (κ3) is 5.77. The highest BCUT2D eigenvalue weighted by Crippen LogP contribution is 2.24. The van der Waals surface area contributed by atoms with Gasteiger partial charge in [0.25, 0.3) is 0 Å². The van der Waals surface area contributed by atoms with Crippen molar-refractivity contribution in [2.45, 2.75) is 19.3 Å². The molecule has 2 aromatic carbocycles. The molecule has 0 radical (unpaired) electrons. The summed E-state index contributed by atoms with van der Waals surface area (Å²) in [7, 11) is 1.57. The van der Waals surface area contributed by atoms with Gasteiger partial charge in [0, 0.05) is 37.2 Å². The first-order valence-electron chi connectivity index (χ1n) is 9.66. The average molecular weight is 400 g/mol. The Balaban J connectivity index is 1.46. The number of Topliss-reactive ketones (excluding diaryl/α,β-unsaturated/α-hetero) is 1. The number of hydrogen-bond acceptors (Lipinski definition) is 5. The summed E-state index contributed by atoms with van der Waals surface area (Å²) in [5.41, 5.74) is 1.51. The minimum atomic E-state index is -0.376. The summed E-state index contributed by atoms with van der Waals surface area (Å²) < 4.78 is 24.7. The van der Waals surface area contributed by atoms with E-state index in [9.17, 15) is 14.0 Å². The van der Waals surface area contributed by atoms with Gasteiger partial charge in [-0.25, -0.2) is 4.39 Å². The predicted octanol–water partition coefficient (Wildman–Crippen LogP) is 3.66. The van der Waals surface area contributed by atoms with E-state index < -0.39 is 0 Å². The molecule has 2 aromatic rings. The molecule has 154 valence electrons. The standard InChI is InChI=1S/C22H25FN2O4/c1-28-18-8-5-16(6-9-18)21(26)3-2-4-22(27)24-17-7-10-20(19(23)15-17)25-11-13-29-14-12-25/h5-10,15H,2-4,11-14H2,1H3,(H,24,27). The lowest BCUT2D eigenvalue weighted by Crippen LogP contribution is -2.36. The van der Waals surface area contributed by atoms with Crippen LogP contribution in [0.4, 0.5) is 15.8 Å². The maximum atomic E-state index is 14.4. The maximum Gasteiger partial charge on any atom is 0.224 e. The Kier molecular flexibility index (Phi) is 7.19. The van der Waals surface area contributed by atoms with Crippen LogP contribution in [0.15, 0.2) is 42.5 Å². The number of benzene rings is 2. The van der Waals surface area contributed by atoms with E-state index in [2.05, 4.69) is 5.32 Å². The highest BCUT2D eigenvalue weighted by atomic mass is 19.1. The zero-order chi connectivity index (χ0) is 20.6. The number of ether oxygens (including phenoxy) is 2. The molecule has 0 atom stereocenters. The average Bonchev–Trinajstić information content (AvgIpc) is 2.74. The van der Waals surface area contributed by atoms with Gasteiger partial charge in [0.05, 0.1) is 26.0 Å². The van der Waals surface area contributed by atoms with Crippen molar-refractivity contribution in [3.05, 3.63) is 53.8 Å². The molecule has 0 aromatic heterocycles. The molecule has 7 heteroatoms. The van der Waals surface area contributed by atoms with E-state index in [1.165, 1.54) is 6.07 Å². The van der Waals surface area contributed by atoms with Crippen LogP contribution in [0.3, 0.4) is 0 Å². The van der Waals surface area contributed by atoms with Gasteiger partial charge < -0.3 is 19.7 Å². The molecule has 0 aliphatic carbocycles. The lowest BCUT2D eigenvalue weighted by atomic mass is 10.1. The van der Waals surface area contributed by atoms with E-state index in [4.69, 9.17) is 9.47 Å². The molecular weight excluding hydrogens is 375 g/mol. The number of nitrogens with zero attached hydrogens (tertiary/aromatic N) is 1. The van der Waals surface area contributed by atoms with Crippen LogP contribution in [0.2, 0.25) is 0 Å². The second kappa shape index (κ2) is 10.0. The van der Waals surface area contributed by atoms with Crippen molar-refractivity contribution in [1.82, 2.24) is 0 Å². The smallest absolute Gasteiger partial charge is 0.224 e. The zero-order valence-electron chi connectivity index (χ0n) is 16.4. The number of morpholine rings is 1. The third-order valence-electron chi connectivity index (χ3n) is 4.80. The first-order chi connectivity index (χ1) is 14.1. The molecule has 0 bridgehead atoms. The van der Waals surface area contributed by atoms with E-state index in [1.807, 2.05) is 4.90 Å². The van der Waals surface area contributed by atoms with E-state index in [1.54, 1.807) is 43.5 Å². The van der Waals surface area contributed by atoms with Crippen LogP contribution in [-0.4, -0.2) is 45.1 Å². The quantitative estimate of drug-likeness (QED) is 0.685. The van der Waals surface area contributed by atoms with E-state index in [-0.39, 0.29) is 30.3 Å². The van der Waals surface area contributed by atoms with Crippen LogP contribution in [0, 0.1) is 5.82 Å². The van der Waals surface area contributed by atoms with Crippen LogP contribution in [-0.2, 0) is 9.53 Å². The molecule has 1 fully saturated rings. The largest absolute Gasteiger partial charge is 0.497 e. The fraction of sp³-hybridized carbons (Fsp3) is 0.364. The van der Waals surface area contributed by atoms with Crippen LogP contribution < -0.4 is 15.0 Å². The Bertz CT molecular complexity index is 848. The van der Waals surface area contributed by atoms with Crippen molar-refractivity contribution in [3.8, 4) is 5.75 Å². The van der Waals surface area contributed by atoms with Crippen molar-refractivity contribution in [1.29, 1.82) is 0 Å². The van der Waals surface area contributed by atoms with Crippen molar-refractivity contribution >= 4 is 23.1 Å². The van der Waals surface area contributed by atoms with Gasteiger partial charge in [0.15, 0.2) is 5.78 Å². The van der Waals surface area contributed by atoms with E-state index in [0.717, 1.165) is 0 Å². The number of amides is 1. The molecule has 0 spiro atoms. The van der Waals surface area contributed by atoms with Crippen molar-refractivity contribution in [2.75, 3.05) is 43.6 Å².